The van der Waals surface area contributed by atoms with Crippen molar-refractivity contribution in [3.8, 4) is 0 Å². The Morgan fingerprint density at radius 3 is 3.00 bits per heavy atom. The van der Waals surface area contributed by atoms with Crippen LogP contribution in [0.15, 0.2) is 17.3 Å². The van der Waals surface area contributed by atoms with Crippen LogP contribution >= 0.6 is 0 Å². The number of piperidine rings is 1. The Labute approximate surface area is 88.7 Å². The van der Waals surface area contributed by atoms with E-state index in [1.807, 2.05) is 11.0 Å². The summed E-state index contributed by atoms with van der Waals surface area (Å²) in [6, 6.07) is 0. The van der Waals surface area contributed by atoms with Crippen molar-refractivity contribution in [3.63, 3.8) is 0 Å². The molecule has 82 valence electrons. The van der Waals surface area contributed by atoms with Gasteiger partial charge in [0, 0.05) is 19.3 Å². The first-order valence-electron chi connectivity index (χ1n) is 5.22. The molecule has 2 aliphatic rings. The highest BCUT2D eigenvalue weighted by molar-refractivity contribution is 5.67. The van der Waals surface area contributed by atoms with Crippen LogP contribution in [0, 0.1) is 0 Å². The van der Waals surface area contributed by atoms with E-state index in [1.165, 1.54) is 4.90 Å². The van der Waals surface area contributed by atoms with Crippen LogP contribution in [-0.2, 0) is 0 Å². The third kappa shape index (κ3) is 2.11. The van der Waals surface area contributed by atoms with Crippen LogP contribution in [0.1, 0.15) is 19.3 Å². The van der Waals surface area contributed by atoms with Gasteiger partial charge in [-0.15, -0.1) is 0 Å². The van der Waals surface area contributed by atoms with E-state index < -0.39 is 6.09 Å². The zero-order valence-corrected chi connectivity index (χ0v) is 8.54. The van der Waals surface area contributed by atoms with Crippen molar-refractivity contribution in [1.82, 2.24) is 9.80 Å². The first kappa shape index (κ1) is 10.0. The predicted molar refractivity (Wildman–Crippen MR) is 56.7 cm³/mol. The van der Waals surface area contributed by atoms with Gasteiger partial charge in [-0.3, -0.25) is 4.90 Å². The van der Waals surface area contributed by atoms with E-state index in [2.05, 4.69) is 4.99 Å². The van der Waals surface area contributed by atoms with Crippen molar-refractivity contribution in [1.29, 1.82) is 0 Å². The van der Waals surface area contributed by atoms with E-state index in [-0.39, 0.29) is 6.17 Å². The van der Waals surface area contributed by atoms with Gasteiger partial charge < -0.3 is 10.0 Å². The summed E-state index contributed by atoms with van der Waals surface area (Å²) in [7, 11) is 0. The minimum atomic E-state index is -0.831. The fraction of sp³-hybridized carbons (Fsp3) is 0.600. The van der Waals surface area contributed by atoms with Gasteiger partial charge in [-0.25, -0.2) is 9.79 Å². The highest BCUT2D eigenvalue weighted by Gasteiger charge is 2.29. The Hall–Kier alpha value is -1.52. The van der Waals surface area contributed by atoms with Crippen LogP contribution in [-0.4, -0.2) is 46.6 Å². The number of amides is 1. The lowest BCUT2D eigenvalue weighted by Crippen LogP contribution is -2.52. The second-order valence-corrected chi connectivity index (χ2v) is 3.80. The number of hydrogen-bond donors (Lipinski definition) is 1. The standard InChI is InChI=1S/C10H15N3O2/c14-10(15)13-7-2-1-4-9(13)12-6-3-5-11-8-12/h3,5,8-9H,1-2,4,6-7H2,(H,14,15). The predicted octanol–water partition coefficient (Wildman–Crippen LogP) is 1.33. The first-order chi connectivity index (χ1) is 7.29. The Morgan fingerprint density at radius 2 is 2.33 bits per heavy atom. The van der Waals surface area contributed by atoms with Gasteiger partial charge in [-0.1, -0.05) is 0 Å². The summed E-state index contributed by atoms with van der Waals surface area (Å²) in [4.78, 5) is 18.6. The van der Waals surface area contributed by atoms with Crippen molar-refractivity contribution in [3.05, 3.63) is 12.3 Å². The van der Waals surface area contributed by atoms with Gasteiger partial charge in [0.15, 0.2) is 0 Å². The van der Waals surface area contributed by atoms with Gasteiger partial charge in [0.25, 0.3) is 0 Å². The maximum atomic E-state index is 11.0. The van der Waals surface area contributed by atoms with Crippen molar-refractivity contribution in [2.75, 3.05) is 13.1 Å². The normalized spacial score (nSPS) is 25.7. The average molecular weight is 209 g/mol. The van der Waals surface area contributed by atoms with Gasteiger partial charge in [0.05, 0.1) is 6.34 Å². The summed E-state index contributed by atoms with van der Waals surface area (Å²) < 4.78 is 0. The van der Waals surface area contributed by atoms with Crippen LogP contribution in [0.2, 0.25) is 0 Å². The molecule has 1 unspecified atom stereocenters. The molecular formula is C10H15N3O2. The van der Waals surface area contributed by atoms with Crippen molar-refractivity contribution in [2.24, 2.45) is 4.99 Å². The summed E-state index contributed by atoms with van der Waals surface area (Å²) in [5.74, 6) is 0. The third-order valence-corrected chi connectivity index (χ3v) is 2.82. The molecule has 1 amide bonds. The molecule has 1 fully saturated rings. The minimum absolute atomic E-state index is 0.0371. The largest absolute Gasteiger partial charge is 0.465 e. The zero-order chi connectivity index (χ0) is 10.7. The molecule has 5 nitrogen and oxygen atoms in total. The van der Waals surface area contributed by atoms with E-state index >= 15 is 0 Å². The lowest BCUT2D eigenvalue weighted by atomic mass is 10.1. The summed E-state index contributed by atoms with van der Waals surface area (Å²) >= 11 is 0. The molecule has 2 heterocycles. The van der Waals surface area contributed by atoms with Gasteiger partial charge >= 0.3 is 6.09 Å². The van der Waals surface area contributed by atoms with Gasteiger partial charge in [0.1, 0.15) is 6.17 Å². The maximum Gasteiger partial charge on any atom is 0.408 e. The molecule has 1 saturated heterocycles. The Balaban J connectivity index is 2.07. The second-order valence-electron chi connectivity index (χ2n) is 3.80. The highest BCUT2D eigenvalue weighted by atomic mass is 16.4. The molecule has 2 rings (SSSR count). The van der Waals surface area contributed by atoms with Gasteiger partial charge in [-0.05, 0) is 25.3 Å². The molecule has 15 heavy (non-hydrogen) atoms. The molecule has 2 aliphatic heterocycles. The van der Waals surface area contributed by atoms with E-state index in [9.17, 15) is 4.79 Å². The summed E-state index contributed by atoms with van der Waals surface area (Å²) in [6.07, 6.45) is 7.48. The lowest BCUT2D eigenvalue weighted by Gasteiger charge is -2.40. The quantitative estimate of drug-likeness (QED) is 0.709. The Morgan fingerprint density at radius 1 is 1.47 bits per heavy atom. The minimum Gasteiger partial charge on any atom is -0.465 e. The van der Waals surface area contributed by atoms with E-state index in [0.29, 0.717) is 6.54 Å². The number of carboxylic acid groups (broad SMARTS) is 1. The van der Waals surface area contributed by atoms with Crippen LogP contribution in [0.4, 0.5) is 4.79 Å². The second kappa shape index (κ2) is 4.33. The van der Waals surface area contributed by atoms with Crippen molar-refractivity contribution in [2.45, 2.75) is 25.4 Å². The first-order valence-corrected chi connectivity index (χ1v) is 5.22. The van der Waals surface area contributed by atoms with Gasteiger partial charge in [0.2, 0.25) is 0 Å². The SMILES string of the molecule is O=C(O)N1CCCCC1N1C=NC=CC1. The number of likely N-dealkylation sites (tertiary alicyclic amines) is 1. The third-order valence-electron chi connectivity index (χ3n) is 2.82. The number of nitrogens with zero attached hydrogens (tertiary/aromatic N) is 3. The topological polar surface area (TPSA) is 56.1 Å². The van der Waals surface area contributed by atoms with E-state index in [1.54, 1.807) is 12.5 Å². The van der Waals surface area contributed by atoms with Crippen molar-refractivity contribution < 1.29 is 9.90 Å². The molecular weight excluding hydrogens is 194 g/mol. The molecule has 0 radical (unpaired) electrons. The molecule has 0 saturated carbocycles. The number of carbonyl (C=O) groups is 1. The summed E-state index contributed by atoms with van der Waals surface area (Å²) in [5.41, 5.74) is 0. The van der Waals surface area contributed by atoms with Gasteiger partial charge in [-0.2, -0.15) is 0 Å². The monoisotopic (exact) mass is 209 g/mol. The lowest BCUT2D eigenvalue weighted by molar-refractivity contribution is 0.0596. The molecule has 0 aromatic rings. The molecule has 5 heteroatoms. The fourth-order valence-electron chi connectivity index (χ4n) is 2.08. The molecule has 0 spiro atoms. The summed E-state index contributed by atoms with van der Waals surface area (Å²) in [5, 5.41) is 9.08. The number of aliphatic imine (C=N–C) groups is 1. The van der Waals surface area contributed by atoms with E-state index in [4.69, 9.17) is 5.11 Å². The van der Waals surface area contributed by atoms with Crippen LogP contribution in [0.3, 0.4) is 0 Å². The Bertz CT molecular complexity index is 301. The van der Waals surface area contributed by atoms with E-state index in [0.717, 1.165) is 25.8 Å². The number of hydrogen-bond acceptors (Lipinski definition) is 3. The molecule has 0 aromatic heterocycles. The van der Waals surface area contributed by atoms with Crippen LogP contribution in [0.25, 0.3) is 0 Å². The molecule has 0 aliphatic carbocycles. The molecule has 0 aromatic carbocycles. The number of rotatable bonds is 1. The Kier molecular flexibility index (Phi) is 2.89. The van der Waals surface area contributed by atoms with Crippen LogP contribution < -0.4 is 0 Å². The average Bonchev–Trinajstić information content (AvgIpc) is 2.30. The maximum absolute atomic E-state index is 11.0. The molecule has 0 bridgehead atoms. The smallest absolute Gasteiger partial charge is 0.408 e. The fourth-order valence-corrected chi connectivity index (χ4v) is 2.08. The highest BCUT2D eigenvalue weighted by Crippen LogP contribution is 2.20. The zero-order valence-electron chi connectivity index (χ0n) is 8.54. The van der Waals surface area contributed by atoms with Crippen molar-refractivity contribution >= 4 is 12.4 Å². The summed E-state index contributed by atoms with van der Waals surface area (Å²) in [6.45, 7) is 1.38. The molecule has 1 N–H and O–H groups in total. The molecule has 1 atom stereocenters. The van der Waals surface area contributed by atoms with Crippen LogP contribution in [0.5, 0.6) is 0 Å².